The van der Waals surface area contributed by atoms with Crippen molar-refractivity contribution in [3.05, 3.63) is 23.2 Å². The number of nitrogens with one attached hydrogen (secondary N) is 1. The zero-order chi connectivity index (χ0) is 14.5. The molecule has 0 bridgehead atoms. The summed E-state index contributed by atoms with van der Waals surface area (Å²) in [6.45, 7) is 2.58. The topological polar surface area (TPSA) is 88.8 Å². The molecule has 2 rings (SSSR count). The highest BCUT2D eigenvalue weighted by Crippen LogP contribution is 2.17. The quantitative estimate of drug-likeness (QED) is 0.830. The average molecular weight is 281 g/mol. The first kappa shape index (κ1) is 14.6. The van der Waals surface area contributed by atoms with Crippen LogP contribution in [0.2, 0.25) is 0 Å². The lowest BCUT2D eigenvalue weighted by Gasteiger charge is -2.08. The number of carboxylic acid groups (broad SMARTS) is 1. The van der Waals surface area contributed by atoms with Gasteiger partial charge in [-0.1, -0.05) is 0 Å². The number of aryl methyl sites for hydroxylation is 1. The van der Waals surface area contributed by atoms with Crippen LogP contribution in [0.25, 0.3) is 0 Å². The van der Waals surface area contributed by atoms with E-state index in [-0.39, 0.29) is 24.1 Å². The molecule has 110 valence electrons. The molecule has 1 saturated heterocycles. The number of amides is 1. The molecule has 0 saturated carbocycles. The number of hydrogen-bond acceptors (Lipinski definition) is 4. The van der Waals surface area contributed by atoms with Crippen LogP contribution in [0, 0.1) is 6.92 Å². The second kappa shape index (κ2) is 6.56. The Balaban J connectivity index is 1.75. The van der Waals surface area contributed by atoms with Gasteiger partial charge in [0.2, 0.25) is 5.91 Å². The number of carbonyl (C=O) groups excluding carboxylic acids is 1. The largest absolute Gasteiger partial charge is 0.478 e. The van der Waals surface area contributed by atoms with Crippen molar-refractivity contribution in [3.63, 3.8) is 0 Å². The molecule has 0 aromatic carbocycles. The van der Waals surface area contributed by atoms with Crippen molar-refractivity contribution in [1.82, 2.24) is 5.32 Å². The monoisotopic (exact) mass is 281 g/mol. The normalized spacial score (nSPS) is 18.1. The van der Waals surface area contributed by atoms with Crippen LogP contribution in [0.15, 0.2) is 10.5 Å². The van der Waals surface area contributed by atoms with Crippen LogP contribution in [-0.2, 0) is 16.1 Å². The van der Waals surface area contributed by atoms with Crippen molar-refractivity contribution in [2.45, 2.75) is 45.3 Å². The van der Waals surface area contributed by atoms with E-state index in [1.807, 2.05) is 0 Å². The van der Waals surface area contributed by atoms with E-state index in [1.54, 1.807) is 6.92 Å². The van der Waals surface area contributed by atoms with Crippen LogP contribution in [0.5, 0.6) is 0 Å². The first-order chi connectivity index (χ1) is 9.56. The van der Waals surface area contributed by atoms with Crippen molar-refractivity contribution in [2.75, 3.05) is 6.61 Å². The zero-order valence-electron chi connectivity index (χ0n) is 11.5. The van der Waals surface area contributed by atoms with Crippen molar-refractivity contribution in [1.29, 1.82) is 0 Å². The van der Waals surface area contributed by atoms with Crippen LogP contribution in [0.3, 0.4) is 0 Å². The summed E-state index contributed by atoms with van der Waals surface area (Å²) in [7, 11) is 0. The van der Waals surface area contributed by atoms with E-state index in [9.17, 15) is 9.59 Å². The van der Waals surface area contributed by atoms with Crippen molar-refractivity contribution >= 4 is 11.9 Å². The summed E-state index contributed by atoms with van der Waals surface area (Å²) < 4.78 is 10.7. The maximum absolute atomic E-state index is 11.7. The van der Waals surface area contributed by atoms with Crippen LogP contribution >= 0.6 is 0 Å². The Labute approximate surface area is 117 Å². The number of carbonyl (C=O) groups is 2. The van der Waals surface area contributed by atoms with Gasteiger partial charge in [0, 0.05) is 13.0 Å². The first-order valence-corrected chi connectivity index (χ1v) is 6.77. The van der Waals surface area contributed by atoms with E-state index >= 15 is 0 Å². The molecule has 0 spiro atoms. The molecule has 1 atom stereocenters. The summed E-state index contributed by atoms with van der Waals surface area (Å²) in [5, 5.41) is 11.6. The summed E-state index contributed by atoms with van der Waals surface area (Å²) >= 11 is 0. The smallest absolute Gasteiger partial charge is 0.339 e. The van der Waals surface area contributed by atoms with E-state index < -0.39 is 5.97 Å². The van der Waals surface area contributed by atoms with Gasteiger partial charge in [0.15, 0.2) is 0 Å². The summed E-state index contributed by atoms with van der Waals surface area (Å²) in [6, 6.07) is 1.44. The third kappa shape index (κ3) is 3.84. The molecule has 2 heterocycles. The highest BCUT2D eigenvalue weighted by atomic mass is 16.5. The minimum absolute atomic E-state index is 0.0774. The van der Waals surface area contributed by atoms with E-state index in [1.165, 1.54) is 6.07 Å². The first-order valence-electron chi connectivity index (χ1n) is 6.77. The summed E-state index contributed by atoms with van der Waals surface area (Å²) in [6.07, 6.45) is 3.42. The molecule has 1 aliphatic heterocycles. The minimum atomic E-state index is -1.03. The zero-order valence-corrected chi connectivity index (χ0v) is 11.5. The lowest BCUT2D eigenvalue weighted by Crippen LogP contribution is -2.23. The molecule has 1 amide bonds. The van der Waals surface area contributed by atoms with Gasteiger partial charge in [-0.05, 0) is 32.3 Å². The predicted octanol–water partition coefficient (Wildman–Crippen LogP) is 1.86. The Morgan fingerprint density at radius 3 is 2.90 bits per heavy atom. The van der Waals surface area contributed by atoms with Gasteiger partial charge in [-0.2, -0.15) is 0 Å². The second-order valence-electron chi connectivity index (χ2n) is 4.94. The third-order valence-corrected chi connectivity index (χ3v) is 3.38. The van der Waals surface area contributed by atoms with Crippen LogP contribution < -0.4 is 5.32 Å². The number of aromatic carboxylic acids is 1. The Hall–Kier alpha value is -1.82. The Bertz CT molecular complexity index is 488. The van der Waals surface area contributed by atoms with Crippen molar-refractivity contribution in [3.8, 4) is 0 Å². The van der Waals surface area contributed by atoms with Gasteiger partial charge >= 0.3 is 5.97 Å². The molecule has 1 aromatic heterocycles. The summed E-state index contributed by atoms with van der Waals surface area (Å²) in [4.78, 5) is 22.5. The van der Waals surface area contributed by atoms with Gasteiger partial charge in [0.1, 0.15) is 17.1 Å². The van der Waals surface area contributed by atoms with E-state index in [0.717, 1.165) is 25.9 Å². The molecular formula is C14H19NO5. The fourth-order valence-corrected chi connectivity index (χ4v) is 2.28. The maximum Gasteiger partial charge on any atom is 0.339 e. The van der Waals surface area contributed by atoms with Gasteiger partial charge in [-0.15, -0.1) is 0 Å². The molecule has 1 unspecified atom stereocenters. The molecule has 1 fully saturated rings. The molecule has 20 heavy (non-hydrogen) atoms. The maximum atomic E-state index is 11.7. The van der Waals surface area contributed by atoms with E-state index in [4.69, 9.17) is 14.3 Å². The third-order valence-electron chi connectivity index (χ3n) is 3.38. The van der Waals surface area contributed by atoms with Gasteiger partial charge in [-0.3, -0.25) is 4.79 Å². The van der Waals surface area contributed by atoms with Gasteiger partial charge in [0.25, 0.3) is 0 Å². The molecule has 2 N–H and O–H groups in total. The summed E-state index contributed by atoms with van der Waals surface area (Å²) in [5.74, 6) is -0.305. The Morgan fingerprint density at radius 2 is 2.30 bits per heavy atom. The fraction of sp³-hybridized carbons (Fsp3) is 0.571. The fourth-order valence-electron chi connectivity index (χ4n) is 2.28. The highest BCUT2D eigenvalue weighted by Gasteiger charge is 2.17. The van der Waals surface area contributed by atoms with Gasteiger partial charge in [0.05, 0.1) is 12.6 Å². The molecule has 0 aliphatic carbocycles. The lowest BCUT2D eigenvalue weighted by molar-refractivity contribution is -0.121. The number of furan rings is 1. The molecule has 1 aliphatic rings. The molecule has 6 nitrogen and oxygen atoms in total. The van der Waals surface area contributed by atoms with E-state index in [0.29, 0.717) is 17.9 Å². The number of hydrogen-bond donors (Lipinski definition) is 2. The van der Waals surface area contributed by atoms with Gasteiger partial charge < -0.3 is 19.6 Å². The Morgan fingerprint density at radius 1 is 1.50 bits per heavy atom. The van der Waals surface area contributed by atoms with Crippen LogP contribution in [0.1, 0.15) is 47.6 Å². The second-order valence-corrected chi connectivity index (χ2v) is 4.94. The highest BCUT2D eigenvalue weighted by molar-refractivity contribution is 5.88. The SMILES string of the molecule is Cc1oc(CNC(=O)CCC2CCCO2)cc1C(=O)O. The molecule has 0 radical (unpaired) electrons. The number of ether oxygens (including phenoxy) is 1. The van der Waals surface area contributed by atoms with Crippen LogP contribution in [-0.4, -0.2) is 29.7 Å². The standard InChI is InChI=1S/C14H19NO5/c1-9-12(14(17)18)7-11(20-9)8-15-13(16)5-4-10-3-2-6-19-10/h7,10H,2-6,8H2,1H3,(H,15,16)(H,17,18). The lowest BCUT2D eigenvalue weighted by atomic mass is 10.1. The van der Waals surface area contributed by atoms with E-state index in [2.05, 4.69) is 5.32 Å². The van der Waals surface area contributed by atoms with Crippen molar-refractivity contribution < 1.29 is 23.8 Å². The Kier molecular flexibility index (Phi) is 4.79. The van der Waals surface area contributed by atoms with Crippen molar-refractivity contribution in [2.24, 2.45) is 0 Å². The number of rotatable bonds is 6. The molecule has 6 heteroatoms. The van der Waals surface area contributed by atoms with Crippen LogP contribution in [0.4, 0.5) is 0 Å². The van der Waals surface area contributed by atoms with Gasteiger partial charge in [-0.25, -0.2) is 4.79 Å². The average Bonchev–Trinajstić information content (AvgIpc) is 3.03. The molecular weight excluding hydrogens is 262 g/mol. The molecule has 1 aromatic rings. The minimum Gasteiger partial charge on any atom is -0.478 e. The number of carboxylic acids is 1. The predicted molar refractivity (Wildman–Crippen MR) is 70.5 cm³/mol. The summed E-state index contributed by atoms with van der Waals surface area (Å²) in [5.41, 5.74) is 0.133.